The number of carbonyl (C=O) groups excluding carboxylic acids is 2. The molecular formula is C10H17N3O2. The minimum Gasteiger partial charge on any atom is -0.322 e. The lowest BCUT2D eigenvalue weighted by Crippen LogP contribution is -2.57. The molecule has 1 unspecified atom stereocenters. The summed E-state index contributed by atoms with van der Waals surface area (Å²) < 4.78 is 0. The summed E-state index contributed by atoms with van der Waals surface area (Å²) in [6.45, 7) is 5.19. The first-order chi connectivity index (χ1) is 7.07. The summed E-state index contributed by atoms with van der Waals surface area (Å²) in [5.74, 6) is -0.0744. The Morgan fingerprint density at radius 3 is 2.60 bits per heavy atom. The van der Waals surface area contributed by atoms with Crippen molar-refractivity contribution in [3.05, 3.63) is 0 Å². The normalized spacial score (nSPS) is 31.5. The number of nitrogens with one attached hydrogen (secondary N) is 2. The Morgan fingerprint density at radius 2 is 2.13 bits per heavy atom. The zero-order valence-corrected chi connectivity index (χ0v) is 9.17. The predicted molar refractivity (Wildman–Crippen MR) is 55.3 cm³/mol. The van der Waals surface area contributed by atoms with Crippen molar-refractivity contribution in [3.63, 3.8) is 0 Å². The van der Waals surface area contributed by atoms with Crippen molar-refractivity contribution >= 4 is 11.9 Å². The Kier molecular flexibility index (Phi) is 2.42. The topological polar surface area (TPSA) is 61.4 Å². The van der Waals surface area contributed by atoms with E-state index >= 15 is 0 Å². The van der Waals surface area contributed by atoms with Crippen molar-refractivity contribution in [1.82, 2.24) is 15.5 Å². The minimum atomic E-state index is -0.667. The molecule has 0 bridgehead atoms. The van der Waals surface area contributed by atoms with Gasteiger partial charge in [0.15, 0.2) is 0 Å². The van der Waals surface area contributed by atoms with Crippen LogP contribution < -0.4 is 10.6 Å². The zero-order chi connectivity index (χ0) is 11.1. The highest BCUT2D eigenvalue weighted by Gasteiger charge is 2.52. The molecule has 15 heavy (non-hydrogen) atoms. The number of amides is 3. The van der Waals surface area contributed by atoms with Gasteiger partial charge in [-0.05, 0) is 33.2 Å². The lowest BCUT2D eigenvalue weighted by Gasteiger charge is -2.31. The second-order valence-corrected chi connectivity index (χ2v) is 4.56. The molecule has 3 amide bonds. The van der Waals surface area contributed by atoms with Crippen molar-refractivity contribution in [2.75, 3.05) is 13.1 Å². The third-order valence-electron chi connectivity index (χ3n) is 3.09. The van der Waals surface area contributed by atoms with Gasteiger partial charge in [-0.2, -0.15) is 0 Å². The molecule has 0 radical (unpaired) electrons. The molecule has 2 rings (SSSR count). The summed E-state index contributed by atoms with van der Waals surface area (Å²) in [5, 5.41) is 5.99. The van der Waals surface area contributed by atoms with Crippen molar-refractivity contribution in [3.8, 4) is 0 Å². The summed E-state index contributed by atoms with van der Waals surface area (Å²) in [6, 6.07) is -0.322. The van der Waals surface area contributed by atoms with Gasteiger partial charge in [-0.3, -0.25) is 9.69 Å². The van der Waals surface area contributed by atoms with Gasteiger partial charge in [-0.1, -0.05) is 0 Å². The summed E-state index contributed by atoms with van der Waals surface area (Å²) >= 11 is 0. The van der Waals surface area contributed by atoms with Crippen molar-refractivity contribution in [2.24, 2.45) is 0 Å². The molecule has 2 N–H and O–H groups in total. The summed E-state index contributed by atoms with van der Waals surface area (Å²) in [4.78, 5) is 25.1. The number of rotatable bonds is 1. The largest absolute Gasteiger partial charge is 0.325 e. The molecular weight excluding hydrogens is 194 g/mol. The van der Waals surface area contributed by atoms with Gasteiger partial charge in [0.05, 0.1) is 0 Å². The SMILES string of the molecule is CC(C)N1C(=O)NC2(CCCNC2)C1=O. The van der Waals surface area contributed by atoms with Crippen LogP contribution in [0.5, 0.6) is 0 Å². The first kappa shape index (κ1) is 10.4. The molecule has 1 atom stereocenters. The quantitative estimate of drug-likeness (QED) is 0.603. The maximum absolute atomic E-state index is 12.1. The summed E-state index contributed by atoms with van der Waals surface area (Å²) in [7, 11) is 0. The number of nitrogens with zero attached hydrogens (tertiary/aromatic N) is 1. The average Bonchev–Trinajstić information content (AvgIpc) is 2.40. The Bertz CT molecular complexity index is 295. The maximum atomic E-state index is 12.1. The van der Waals surface area contributed by atoms with E-state index in [1.807, 2.05) is 13.8 Å². The van der Waals surface area contributed by atoms with E-state index in [9.17, 15) is 9.59 Å². The zero-order valence-electron chi connectivity index (χ0n) is 9.17. The third kappa shape index (κ3) is 1.51. The standard InChI is InChI=1S/C10H17N3O2/c1-7(2)13-8(14)10(12-9(13)15)4-3-5-11-6-10/h7,11H,3-6H2,1-2H3,(H,12,15). The van der Waals surface area contributed by atoms with E-state index in [0.717, 1.165) is 19.4 Å². The van der Waals surface area contributed by atoms with Crippen LogP contribution in [0.4, 0.5) is 4.79 Å². The number of carbonyl (C=O) groups is 2. The van der Waals surface area contributed by atoms with E-state index in [4.69, 9.17) is 0 Å². The van der Waals surface area contributed by atoms with E-state index in [0.29, 0.717) is 6.54 Å². The molecule has 2 aliphatic rings. The van der Waals surface area contributed by atoms with E-state index < -0.39 is 5.54 Å². The first-order valence-corrected chi connectivity index (χ1v) is 5.43. The molecule has 0 aromatic rings. The monoisotopic (exact) mass is 211 g/mol. The van der Waals surface area contributed by atoms with Crippen molar-refractivity contribution in [2.45, 2.75) is 38.3 Å². The molecule has 5 nitrogen and oxygen atoms in total. The van der Waals surface area contributed by atoms with Gasteiger partial charge in [-0.25, -0.2) is 4.79 Å². The molecule has 2 saturated heterocycles. The molecule has 5 heteroatoms. The number of piperidine rings is 1. The summed E-state index contributed by atoms with van der Waals surface area (Å²) in [5.41, 5.74) is -0.667. The Morgan fingerprint density at radius 1 is 1.40 bits per heavy atom. The van der Waals surface area contributed by atoms with Crippen LogP contribution in [0, 0.1) is 0 Å². The maximum Gasteiger partial charge on any atom is 0.325 e. The highest BCUT2D eigenvalue weighted by atomic mass is 16.2. The van der Waals surface area contributed by atoms with Gasteiger partial charge in [0.25, 0.3) is 5.91 Å². The van der Waals surface area contributed by atoms with Crippen LogP contribution in [-0.2, 0) is 4.79 Å². The molecule has 84 valence electrons. The number of hydrogen-bond acceptors (Lipinski definition) is 3. The number of hydrogen-bond donors (Lipinski definition) is 2. The predicted octanol–water partition coefficient (Wildman–Crippen LogP) is 0.0688. The Hall–Kier alpha value is -1.10. The molecule has 0 aromatic carbocycles. The molecule has 0 saturated carbocycles. The highest BCUT2D eigenvalue weighted by molar-refractivity contribution is 6.07. The van der Waals surface area contributed by atoms with Crippen LogP contribution in [0.3, 0.4) is 0 Å². The average molecular weight is 211 g/mol. The summed E-state index contributed by atoms with van der Waals surface area (Å²) in [6.07, 6.45) is 1.67. The van der Waals surface area contributed by atoms with Crippen LogP contribution >= 0.6 is 0 Å². The smallest absolute Gasteiger partial charge is 0.322 e. The number of urea groups is 1. The van der Waals surface area contributed by atoms with Gasteiger partial charge in [0, 0.05) is 12.6 Å². The van der Waals surface area contributed by atoms with Crippen LogP contribution in [0.15, 0.2) is 0 Å². The van der Waals surface area contributed by atoms with Crippen molar-refractivity contribution < 1.29 is 9.59 Å². The fraction of sp³-hybridized carbons (Fsp3) is 0.800. The van der Waals surface area contributed by atoms with Crippen LogP contribution in [-0.4, -0.2) is 41.5 Å². The molecule has 1 spiro atoms. The minimum absolute atomic E-state index is 0.0706. The molecule has 0 aromatic heterocycles. The number of imide groups is 1. The highest BCUT2D eigenvalue weighted by Crippen LogP contribution is 2.26. The lowest BCUT2D eigenvalue weighted by molar-refractivity contribution is -0.133. The van der Waals surface area contributed by atoms with Gasteiger partial charge in [0.2, 0.25) is 0 Å². The fourth-order valence-electron chi connectivity index (χ4n) is 2.30. The Balaban J connectivity index is 2.23. The van der Waals surface area contributed by atoms with Gasteiger partial charge in [0.1, 0.15) is 5.54 Å². The van der Waals surface area contributed by atoms with Crippen LogP contribution in [0.25, 0.3) is 0 Å². The lowest BCUT2D eigenvalue weighted by atomic mass is 9.90. The van der Waals surface area contributed by atoms with E-state index in [-0.39, 0.29) is 18.0 Å². The van der Waals surface area contributed by atoms with E-state index in [1.165, 1.54) is 4.90 Å². The molecule has 0 aliphatic carbocycles. The van der Waals surface area contributed by atoms with Gasteiger partial charge >= 0.3 is 6.03 Å². The third-order valence-corrected chi connectivity index (χ3v) is 3.09. The van der Waals surface area contributed by atoms with Crippen LogP contribution in [0.2, 0.25) is 0 Å². The molecule has 2 heterocycles. The Labute approximate surface area is 89.2 Å². The second-order valence-electron chi connectivity index (χ2n) is 4.56. The first-order valence-electron chi connectivity index (χ1n) is 5.43. The van der Waals surface area contributed by atoms with Crippen molar-refractivity contribution in [1.29, 1.82) is 0 Å². The van der Waals surface area contributed by atoms with E-state index in [2.05, 4.69) is 10.6 Å². The van der Waals surface area contributed by atoms with Gasteiger partial charge < -0.3 is 10.6 Å². The second kappa shape index (κ2) is 3.48. The molecule has 2 aliphatic heterocycles. The molecule has 2 fully saturated rings. The van der Waals surface area contributed by atoms with Gasteiger partial charge in [-0.15, -0.1) is 0 Å². The van der Waals surface area contributed by atoms with E-state index in [1.54, 1.807) is 0 Å². The fourth-order valence-corrected chi connectivity index (χ4v) is 2.30. The van der Waals surface area contributed by atoms with Crippen LogP contribution in [0.1, 0.15) is 26.7 Å².